The third-order valence-electron chi connectivity index (χ3n) is 2.66. The predicted molar refractivity (Wildman–Crippen MR) is 74.1 cm³/mol. The number of para-hydroxylation sites is 2. The molecule has 0 spiro atoms. The number of esters is 1. The van der Waals surface area contributed by atoms with Crippen LogP contribution in [0.3, 0.4) is 0 Å². The van der Waals surface area contributed by atoms with E-state index in [1.807, 2.05) is 18.2 Å². The Morgan fingerprint density at radius 2 is 2.19 bits per heavy atom. The number of carbonyl (C=O) groups excluding carboxylic acids is 1. The number of allylic oxidation sites excluding steroid dienone is 1. The van der Waals surface area contributed by atoms with Crippen molar-refractivity contribution >= 4 is 22.6 Å². The van der Waals surface area contributed by atoms with E-state index < -0.39 is 12.6 Å². The molecule has 2 rings (SSSR count). The van der Waals surface area contributed by atoms with E-state index in [0.29, 0.717) is 5.52 Å². The molecule has 7 heteroatoms. The molecule has 2 N–H and O–H groups in total. The molecule has 0 saturated heterocycles. The number of aliphatic hydroxyl groups excluding tert-OH is 1. The van der Waals surface area contributed by atoms with Gasteiger partial charge in [-0.1, -0.05) is 12.1 Å². The monoisotopic (exact) mass is 287 g/mol. The smallest absolute Gasteiger partial charge is 0.332 e. The number of aliphatic hydroxyl groups is 1. The summed E-state index contributed by atoms with van der Waals surface area (Å²) in [5, 5.41) is 19.0. The highest BCUT2D eigenvalue weighted by atomic mass is 16.6. The zero-order valence-corrected chi connectivity index (χ0v) is 11.3. The van der Waals surface area contributed by atoms with Gasteiger partial charge in [-0.3, -0.25) is 0 Å². The van der Waals surface area contributed by atoms with Crippen LogP contribution in [0.2, 0.25) is 0 Å². The molecule has 2 aromatic rings. The summed E-state index contributed by atoms with van der Waals surface area (Å²) in [5.74, 6) is -0.786. The number of nitrogens with zero attached hydrogens (tertiary/aromatic N) is 2. The number of fused-ring (bicyclic) bond motifs is 1. The number of imidazole rings is 1. The van der Waals surface area contributed by atoms with Crippen LogP contribution >= 0.6 is 0 Å². The third-order valence-corrected chi connectivity index (χ3v) is 2.66. The summed E-state index contributed by atoms with van der Waals surface area (Å²) in [4.78, 5) is 18.3. The van der Waals surface area contributed by atoms with Gasteiger partial charge in [0.1, 0.15) is 24.9 Å². The first-order valence-electron chi connectivity index (χ1n) is 6.07. The topological polar surface area (TPSA) is 108 Å². The van der Waals surface area contributed by atoms with Gasteiger partial charge in [0.05, 0.1) is 11.0 Å². The normalized spacial score (nSPS) is 11.8. The molecule has 1 aromatic heterocycles. The lowest BCUT2D eigenvalue weighted by atomic mass is 10.2. The molecule has 0 saturated carbocycles. The molecule has 108 valence electrons. The number of nitrogens with one attached hydrogen (secondary N) is 1. The number of methoxy groups -OCH3 is 1. The van der Waals surface area contributed by atoms with E-state index >= 15 is 0 Å². The predicted octanol–water partition coefficient (Wildman–Crippen LogP) is 1.55. The van der Waals surface area contributed by atoms with Crippen LogP contribution in [0.4, 0.5) is 0 Å². The first kappa shape index (κ1) is 14.6. The second-order valence-corrected chi connectivity index (χ2v) is 4.13. The molecular formula is C14H13N3O4. The molecule has 21 heavy (non-hydrogen) atoms. The summed E-state index contributed by atoms with van der Waals surface area (Å²) in [7, 11) is 1.35. The van der Waals surface area contributed by atoms with Crippen molar-refractivity contribution in [1.29, 1.82) is 5.26 Å². The first-order chi connectivity index (χ1) is 10.2. The van der Waals surface area contributed by atoms with Gasteiger partial charge in [0.15, 0.2) is 11.6 Å². The Labute approximate surface area is 120 Å². The number of aromatic amines is 1. The van der Waals surface area contributed by atoms with Gasteiger partial charge in [-0.15, -0.1) is 0 Å². The van der Waals surface area contributed by atoms with Crippen molar-refractivity contribution in [3.05, 3.63) is 35.8 Å². The fourth-order valence-corrected chi connectivity index (χ4v) is 1.71. The van der Waals surface area contributed by atoms with Crippen molar-refractivity contribution in [2.75, 3.05) is 20.3 Å². The lowest BCUT2D eigenvalue weighted by molar-refractivity contribution is -0.147. The molecule has 0 radical (unpaired) electrons. The molecule has 7 nitrogen and oxygen atoms in total. The molecule has 0 aliphatic heterocycles. The van der Waals surface area contributed by atoms with Crippen LogP contribution in [-0.2, 0) is 14.3 Å². The van der Waals surface area contributed by atoms with Gasteiger partial charge in [-0.05, 0) is 12.1 Å². The summed E-state index contributed by atoms with van der Waals surface area (Å²) < 4.78 is 9.35. The van der Waals surface area contributed by atoms with E-state index in [1.54, 1.807) is 12.1 Å². The largest absolute Gasteiger partial charge is 0.507 e. The Hall–Kier alpha value is -2.85. The quantitative estimate of drug-likeness (QED) is 0.490. The maximum Gasteiger partial charge on any atom is 0.332 e. The van der Waals surface area contributed by atoms with Crippen LogP contribution in [0.1, 0.15) is 5.82 Å². The van der Waals surface area contributed by atoms with Crippen LogP contribution in [-0.4, -0.2) is 41.4 Å². The average molecular weight is 287 g/mol. The van der Waals surface area contributed by atoms with Crippen molar-refractivity contribution in [3.63, 3.8) is 0 Å². The highest BCUT2D eigenvalue weighted by Gasteiger charge is 2.14. The van der Waals surface area contributed by atoms with Crippen molar-refractivity contribution in [2.45, 2.75) is 0 Å². The molecule has 0 bridgehead atoms. The SMILES string of the molecule is COCC(=O)OC/C(O)=C(\C#N)c1nc2ccccc2[nH]1. The summed E-state index contributed by atoms with van der Waals surface area (Å²) in [6.07, 6.45) is 0. The van der Waals surface area contributed by atoms with Gasteiger partial charge in [0.2, 0.25) is 0 Å². The number of ether oxygens (including phenoxy) is 2. The standard InChI is InChI=1S/C14H13N3O4/c1-20-8-13(19)21-7-12(18)9(6-15)14-16-10-4-2-3-5-11(10)17-14/h2-5,18H,7-8H2,1H3,(H,16,17)/b12-9-. The number of benzene rings is 1. The van der Waals surface area contributed by atoms with Crippen LogP contribution in [0, 0.1) is 11.3 Å². The zero-order chi connectivity index (χ0) is 15.2. The van der Waals surface area contributed by atoms with Crippen molar-refractivity contribution in [3.8, 4) is 6.07 Å². The van der Waals surface area contributed by atoms with Gasteiger partial charge in [0, 0.05) is 7.11 Å². The molecule has 0 aliphatic rings. The highest BCUT2D eigenvalue weighted by Crippen LogP contribution is 2.18. The minimum absolute atomic E-state index is 0.0728. The van der Waals surface area contributed by atoms with E-state index in [4.69, 9.17) is 10.00 Å². The number of nitriles is 1. The van der Waals surface area contributed by atoms with E-state index in [2.05, 4.69) is 14.7 Å². The second kappa shape index (κ2) is 6.54. The first-order valence-corrected chi connectivity index (χ1v) is 6.07. The minimum Gasteiger partial charge on any atom is -0.507 e. The number of H-pyrrole nitrogens is 1. The number of rotatable bonds is 5. The molecular weight excluding hydrogens is 274 g/mol. The molecule has 0 aliphatic carbocycles. The Balaban J connectivity index is 2.23. The molecule has 0 unspecified atom stereocenters. The second-order valence-electron chi connectivity index (χ2n) is 4.13. The maximum absolute atomic E-state index is 11.1. The Kier molecular flexibility index (Phi) is 4.53. The number of hydrogen-bond donors (Lipinski definition) is 2. The number of aromatic nitrogens is 2. The van der Waals surface area contributed by atoms with Crippen LogP contribution in [0.25, 0.3) is 16.6 Å². The van der Waals surface area contributed by atoms with Crippen LogP contribution in [0.15, 0.2) is 30.0 Å². The number of carbonyl (C=O) groups is 1. The average Bonchev–Trinajstić information content (AvgIpc) is 2.89. The van der Waals surface area contributed by atoms with Gasteiger partial charge < -0.3 is 19.6 Å². The Morgan fingerprint density at radius 3 is 2.86 bits per heavy atom. The summed E-state index contributed by atoms with van der Waals surface area (Å²) in [6.45, 7) is -0.637. The van der Waals surface area contributed by atoms with Crippen LogP contribution in [0.5, 0.6) is 0 Å². The van der Waals surface area contributed by atoms with Crippen LogP contribution < -0.4 is 0 Å². The van der Waals surface area contributed by atoms with E-state index in [0.717, 1.165) is 5.52 Å². The Morgan fingerprint density at radius 1 is 1.43 bits per heavy atom. The summed E-state index contributed by atoms with van der Waals surface area (Å²) in [5.41, 5.74) is 1.34. The van der Waals surface area contributed by atoms with Crippen molar-refractivity contribution < 1.29 is 19.4 Å². The molecule has 1 heterocycles. The van der Waals surface area contributed by atoms with Crippen molar-refractivity contribution in [2.24, 2.45) is 0 Å². The van der Waals surface area contributed by atoms with Crippen molar-refractivity contribution in [1.82, 2.24) is 9.97 Å². The Bertz CT molecular complexity index is 694. The lowest BCUT2D eigenvalue weighted by Crippen LogP contribution is -2.13. The zero-order valence-electron chi connectivity index (χ0n) is 11.3. The maximum atomic E-state index is 11.1. The molecule has 0 amide bonds. The fourth-order valence-electron chi connectivity index (χ4n) is 1.71. The van der Waals surface area contributed by atoms with Gasteiger partial charge >= 0.3 is 5.97 Å². The molecule has 0 atom stereocenters. The van der Waals surface area contributed by atoms with Gasteiger partial charge in [-0.25, -0.2) is 9.78 Å². The summed E-state index contributed by atoms with van der Waals surface area (Å²) in [6, 6.07) is 9.07. The number of hydrogen-bond acceptors (Lipinski definition) is 6. The fraction of sp³-hybridized carbons (Fsp3) is 0.214. The minimum atomic E-state index is -0.633. The lowest BCUT2D eigenvalue weighted by Gasteiger charge is -2.04. The summed E-state index contributed by atoms with van der Waals surface area (Å²) >= 11 is 0. The molecule has 1 aromatic carbocycles. The third kappa shape index (κ3) is 3.38. The van der Waals surface area contributed by atoms with E-state index in [9.17, 15) is 9.90 Å². The molecule has 0 fully saturated rings. The van der Waals surface area contributed by atoms with Gasteiger partial charge in [0.25, 0.3) is 0 Å². The highest BCUT2D eigenvalue weighted by molar-refractivity contribution is 5.83. The van der Waals surface area contributed by atoms with E-state index in [1.165, 1.54) is 7.11 Å². The van der Waals surface area contributed by atoms with E-state index in [-0.39, 0.29) is 23.8 Å². The van der Waals surface area contributed by atoms with Gasteiger partial charge in [-0.2, -0.15) is 5.26 Å².